The fraction of sp³-hybridized carbons (Fsp3) is 0.0714. The standard InChI is InChI=1S/C14H9F3N2O3S/c15-14(16,17)23(20,21)22-13-6-7-18-19-9-11(8-12(13)19)10-4-2-1-3-5-10/h1-9H. The minimum Gasteiger partial charge on any atom is -0.374 e. The summed E-state index contributed by atoms with van der Waals surface area (Å²) in [6.45, 7) is 0. The second-order valence-electron chi connectivity index (χ2n) is 4.60. The summed E-state index contributed by atoms with van der Waals surface area (Å²) in [6.07, 6.45) is 2.72. The highest BCUT2D eigenvalue weighted by molar-refractivity contribution is 7.88. The number of hydrogen-bond acceptors (Lipinski definition) is 4. The predicted octanol–water partition coefficient (Wildman–Crippen LogP) is 3.23. The van der Waals surface area contributed by atoms with Crippen LogP contribution >= 0.6 is 0 Å². The van der Waals surface area contributed by atoms with Crippen LogP contribution < -0.4 is 4.18 Å². The van der Waals surface area contributed by atoms with Crippen molar-refractivity contribution in [3.05, 3.63) is 54.9 Å². The van der Waals surface area contributed by atoms with Crippen LogP contribution in [-0.4, -0.2) is 23.5 Å². The number of aromatic nitrogens is 2. The monoisotopic (exact) mass is 342 g/mol. The van der Waals surface area contributed by atoms with Gasteiger partial charge in [0.1, 0.15) is 5.52 Å². The second-order valence-corrected chi connectivity index (χ2v) is 6.14. The van der Waals surface area contributed by atoms with E-state index in [0.717, 1.165) is 17.8 Å². The van der Waals surface area contributed by atoms with E-state index in [9.17, 15) is 21.6 Å². The van der Waals surface area contributed by atoms with Crippen LogP contribution in [0.2, 0.25) is 0 Å². The Kier molecular flexibility index (Phi) is 3.52. The van der Waals surface area contributed by atoms with Gasteiger partial charge in [0, 0.05) is 17.8 Å². The number of hydrogen-bond donors (Lipinski definition) is 0. The molecule has 2 heterocycles. The van der Waals surface area contributed by atoms with Gasteiger partial charge in [-0.1, -0.05) is 30.3 Å². The van der Waals surface area contributed by atoms with Crippen LogP contribution in [0.1, 0.15) is 0 Å². The molecule has 0 atom stereocenters. The van der Waals surface area contributed by atoms with Gasteiger partial charge in [0.15, 0.2) is 5.75 Å². The molecule has 3 rings (SSSR count). The third-order valence-corrected chi connectivity index (χ3v) is 4.03. The maximum atomic E-state index is 12.5. The van der Waals surface area contributed by atoms with E-state index in [0.29, 0.717) is 5.56 Å². The lowest BCUT2D eigenvalue weighted by Gasteiger charge is -2.09. The van der Waals surface area contributed by atoms with Crippen LogP contribution in [0, 0.1) is 0 Å². The van der Waals surface area contributed by atoms with E-state index in [1.54, 1.807) is 18.3 Å². The number of halogens is 3. The summed E-state index contributed by atoms with van der Waals surface area (Å²) in [6, 6.07) is 11.6. The Morgan fingerprint density at radius 1 is 1.04 bits per heavy atom. The molecule has 0 saturated carbocycles. The van der Waals surface area contributed by atoms with E-state index < -0.39 is 21.4 Å². The zero-order chi connectivity index (χ0) is 16.7. The van der Waals surface area contributed by atoms with Crippen LogP contribution in [0.3, 0.4) is 0 Å². The van der Waals surface area contributed by atoms with E-state index in [4.69, 9.17) is 0 Å². The molecule has 0 aliphatic carbocycles. The van der Waals surface area contributed by atoms with E-state index in [1.807, 2.05) is 18.2 Å². The molecular formula is C14H9F3N2O3S. The van der Waals surface area contributed by atoms with E-state index in [2.05, 4.69) is 9.28 Å². The van der Waals surface area contributed by atoms with Crippen molar-refractivity contribution in [2.24, 2.45) is 0 Å². The zero-order valence-electron chi connectivity index (χ0n) is 11.4. The molecule has 0 unspecified atom stereocenters. The highest BCUT2D eigenvalue weighted by atomic mass is 32.2. The molecule has 0 amide bonds. The van der Waals surface area contributed by atoms with E-state index >= 15 is 0 Å². The normalized spacial score (nSPS) is 12.5. The topological polar surface area (TPSA) is 60.7 Å². The molecule has 0 saturated heterocycles. The van der Waals surface area contributed by atoms with Gasteiger partial charge in [0.05, 0.1) is 6.20 Å². The fourth-order valence-electron chi connectivity index (χ4n) is 2.01. The van der Waals surface area contributed by atoms with Gasteiger partial charge in [-0.25, -0.2) is 4.52 Å². The van der Waals surface area contributed by atoms with Gasteiger partial charge < -0.3 is 4.18 Å². The summed E-state index contributed by atoms with van der Waals surface area (Å²) in [5.41, 5.74) is -3.91. The van der Waals surface area contributed by atoms with Crippen molar-refractivity contribution in [2.45, 2.75) is 5.51 Å². The maximum Gasteiger partial charge on any atom is 0.534 e. The molecule has 0 aliphatic heterocycles. The summed E-state index contributed by atoms with van der Waals surface area (Å²) in [7, 11) is -5.74. The number of rotatable bonds is 3. The Balaban J connectivity index is 2.08. The minimum absolute atomic E-state index is 0.110. The first kappa shape index (κ1) is 15.3. The number of fused-ring (bicyclic) bond motifs is 1. The lowest BCUT2D eigenvalue weighted by Crippen LogP contribution is -2.28. The van der Waals surface area contributed by atoms with Gasteiger partial charge in [0.25, 0.3) is 0 Å². The molecule has 5 nitrogen and oxygen atoms in total. The first-order valence-electron chi connectivity index (χ1n) is 6.31. The maximum absolute atomic E-state index is 12.5. The van der Waals surface area contributed by atoms with Crippen molar-refractivity contribution >= 4 is 15.6 Å². The van der Waals surface area contributed by atoms with Crippen molar-refractivity contribution in [1.82, 2.24) is 9.61 Å². The molecule has 2 aromatic heterocycles. The molecule has 0 radical (unpaired) electrons. The van der Waals surface area contributed by atoms with Crippen LogP contribution in [0.15, 0.2) is 54.9 Å². The van der Waals surface area contributed by atoms with Crippen molar-refractivity contribution in [1.29, 1.82) is 0 Å². The van der Waals surface area contributed by atoms with Gasteiger partial charge in [-0.05, 0) is 11.6 Å². The Hall–Kier alpha value is -2.55. The lowest BCUT2D eigenvalue weighted by atomic mass is 10.1. The van der Waals surface area contributed by atoms with Gasteiger partial charge >= 0.3 is 15.6 Å². The average molecular weight is 342 g/mol. The molecule has 120 valence electrons. The number of nitrogens with zero attached hydrogens (tertiary/aromatic N) is 2. The fourth-order valence-corrected chi connectivity index (χ4v) is 2.49. The highest BCUT2D eigenvalue weighted by Gasteiger charge is 2.48. The van der Waals surface area contributed by atoms with Crippen molar-refractivity contribution in [2.75, 3.05) is 0 Å². The first-order chi connectivity index (χ1) is 10.8. The van der Waals surface area contributed by atoms with Crippen molar-refractivity contribution < 1.29 is 25.8 Å². The highest BCUT2D eigenvalue weighted by Crippen LogP contribution is 2.31. The van der Waals surface area contributed by atoms with Crippen LogP contribution in [0.5, 0.6) is 5.75 Å². The molecule has 1 aromatic carbocycles. The van der Waals surface area contributed by atoms with E-state index in [-0.39, 0.29) is 5.52 Å². The molecule has 0 bridgehead atoms. The number of benzene rings is 1. The summed E-state index contributed by atoms with van der Waals surface area (Å²) in [4.78, 5) is 0. The molecular weight excluding hydrogens is 333 g/mol. The zero-order valence-corrected chi connectivity index (χ0v) is 12.2. The molecule has 0 spiro atoms. The molecule has 0 fully saturated rings. The van der Waals surface area contributed by atoms with Gasteiger partial charge in [-0.2, -0.15) is 26.7 Å². The van der Waals surface area contributed by atoms with Crippen molar-refractivity contribution in [3.8, 4) is 16.9 Å². The summed E-state index contributed by atoms with van der Waals surface area (Å²) < 4.78 is 65.2. The van der Waals surface area contributed by atoms with Crippen LogP contribution in [0.4, 0.5) is 13.2 Å². The Labute approximate surface area is 129 Å². The molecule has 9 heteroatoms. The minimum atomic E-state index is -5.74. The van der Waals surface area contributed by atoms with Crippen molar-refractivity contribution in [3.63, 3.8) is 0 Å². The summed E-state index contributed by atoms with van der Waals surface area (Å²) >= 11 is 0. The second kappa shape index (κ2) is 5.27. The molecule has 23 heavy (non-hydrogen) atoms. The van der Waals surface area contributed by atoms with E-state index in [1.165, 1.54) is 10.6 Å². The summed E-state index contributed by atoms with van der Waals surface area (Å²) in [5, 5.41) is 3.94. The quantitative estimate of drug-likeness (QED) is 0.542. The Morgan fingerprint density at radius 2 is 1.74 bits per heavy atom. The average Bonchev–Trinajstić information content (AvgIpc) is 2.92. The molecule has 0 N–H and O–H groups in total. The van der Waals surface area contributed by atoms with Gasteiger partial charge in [0.2, 0.25) is 0 Å². The predicted molar refractivity (Wildman–Crippen MR) is 76.2 cm³/mol. The lowest BCUT2D eigenvalue weighted by molar-refractivity contribution is -0.0499. The van der Waals surface area contributed by atoms with Crippen LogP contribution in [0.25, 0.3) is 16.6 Å². The largest absolute Gasteiger partial charge is 0.534 e. The van der Waals surface area contributed by atoms with Crippen LogP contribution in [-0.2, 0) is 10.1 Å². The number of alkyl halides is 3. The molecule has 3 aromatic rings. The first-order valence-corrected chi connectivity index (χ1v) is 7.72. The Morgan fingerprint density at radius 3 is 2.39 bits per heavy atom. The summed E-state index contributed by atoms with van der Waals surface area (Å²) in [5.74, 6) is -0.445. The smallest absolute Gasteiger partial charge is 0.374 e. The molecule has 0 aliphatic rings. The Bertz CT molecular complexity index is 950. The van der Waals surface area contributed by atoms with Gasteiger partial charge in [-0.3, -0.25) is 0 Å². The van der Waals surface area contributed by atoms with Gasteiger partial charge in [-0.15, -0.1) is 0 Å². The SMILES string of the molecule is O=S(=O)(Oc1ccnn2cc(-c3ccccc3)cc12)C(F)(F)F. The third kappa shape index (κ3) is 2.87. The third-order valence-electron chi connectivity index (χ3n) is 3.06.